The van der Waals surface area contributed by atoms with Crippen molar-refractivity contribution in [3.63, 3.8) is 0 Å². The van der Waals surface area contributed by atoms with E-state index in [0.29, 0.717) is 0 Å². The first-order chi connectivity index (χ1) is 7.19. The largest absolute Gasteiger partial charge is 0.317 e. The Kier molecular flexibility index (Phi) is 5.66. The highest BCUT2D eigenvalue weighted by Gasteiger charge is 2.27. The van der Waals surface area contributed by atoms with Crippen LogP contribution in [0.3, 0.4) is 0 Å². The second-order valence-electron chi connectivity index (χ2n) is 5.60. The van der Waals surface area contributed by atoms with Crippen LogP contribution in [0, 0.1) is 17.8 Å². The first-order valence-corrected chi connectivity index (χ1v) is 6.86. The summed E-state index contributed by atoms with van der Waals surface area (Å²) in [5.41, 5.74) is 0. The smallest absolute Gasteiger partial charge is 0.00922 e. The van der Waals surface area contributed by atoms with Gasteiger partial charge in [-0.1, -0.05) is 27.2 Å². The van der Waals surface area contributed by atoms with Gasteiger partial charge >= 0.3 is 0 Å². The van der Waals surface area contributed by atoms with Gasteiger partial charge < -0.3 is 5.32 Å². The van der Waals surface area contributed by atoms with Crippen LogP contribution >= 0.6 is 0 Å². The van der Waals surface area contributed by atoms with Gasteiger partial charge in [-0.25, -0.2) is 0 Å². The molecule has 1 saturated carbocycles. The normalized spacial score (nSPS) is 29.4. The molecule has 0 aromatic carbocycles. The molecular formula is C14H29N. The van der Waals surface area contributed by atoms with E-state index in [1.807, 2.05) is 0 Å². The lowest BCUT2D eigenvalue weighted by atomic mass is 9.74. The van der Waals surface area contributed by atoms with E-state index in [2.05, 4.69) is 33.1 Å². The SMILES string of the molecule is CCCC(NC)C1CCC(C(C)C)CC1. The fourth-order valence-electron chi connectivity index (χ4n) is 3.14. The van der Waals surface area contributed by atoms with Gasteiger partial charge in [0.05, 0.1) is 0 Å². The highest BCUT2D eigenvalue weighted by Crippen LogP contribution is 2.35. The van der Waals surface area contributed by atoms with Gasteiger partial charge in [-0.3, -0.25) is 0 Å². The molecule has 0 aliphatic heterocycles. The van der Waals surface area contributed by atoms with Crippen LogP contribution in [0.1, 0.15) is 59.3 Å². The summed E-state index contributed by atoms with van der Waals surface area (Å²) in [7, 11) is 2.13. The molecule has 15 heavy (non-hydrogen) atoms. The number of nitrogens with one attached hydrogen (secondary N) is 1. The predicted molar refractivity (Wildman–Crippen MR) is 68.0 cm³/mol. The average Bonchev–Trinajstić information content (AvgIpc) is 2.26. The molecule has 0 saturated heterocycles. The molecule has 1 nitrogen and oxygen atoms in total. The zero-order chi connectivity index (χ0) is 11.3. The summed E-state index contributed by atoms with van der Waals surface area (Å²) in [6, 6.07) is 0.781. The highest BCUT2D eigenvalue weighted by atomic mass is 14.9. The Morgan fingerprint density at radius 1 is 1.07 bits per heavy atom. The molecule has 1 unspecified atom stereocenters. The maximum atomic E-state index is 3.52. The van der Waals surface area contributed by atoms with Gasteiger partial charge in [0.1, 0.15) is 0 Å². The summed E-state index contributed by atoms with van der Waals surface area (Å²) in [4.78, 5) is 0. The molecule has 0 amide bonds. The monoisotopic (exact) mass is 211 g/mol. The quantitative estimate of drug-likeness (QED) is 0.728. The highest BCUT2D eigenvalue weighted by molar-refractivity contribution is 4.81. The van der Waals surface area contributed by atoms with Gasteiger partial charge in [0, 0.05) is 6.04 Å². The Bertz CT molecular complexity index is 157. The molecule has 1 fully saturated rings. The number of hydrogen-bond donors (Lipinski definition) is 1. The molecule has 1 N–H and O–H groups in total. The van der Waals surface area contributed by atoms with Gasteiger partial charge in [-0.2, -0.15) is 0 Å². The van der Waals surface area contributed by atoms with Crippen molar-refractivity contribution < 1.29 is 0 Å². The van der Waals surface area contributed by atoms with Gasteiger partial charge in [-0.15, -0.1) is 0 Å². The van der Waals surface area contributed by atoms with Crippen molar-refractivity contribution in [3.8, 4) is 0 Å². The van der Waals surface area contributed by atoms with Crippen molar-refractivity contribution in [2.75, 3.05) is 7.05 Å². The molecule has 1 heteroatoms. The summed E-state index contributed by atoms with van der Waals surface area (Å²) in [5, 5.41) is 3.52. The van der Waals surface area contributed by atoms with E-state index in [-0.39, 0.29) is 0 Å². The Morgan fingerprint density at radius 3 is 2.00 bits per heavy atom. The van der Waals surface area contributed by atoms with Gasteiger partial charge in [0.2, 0.25) is 0 Å². The van der Waals surface area contributed by atoms with E-state index in [1.54, 1.807) is 0 Å². The van der Waals surface area contributed by atoms with Crippen LogP contribution in [0.2, 0.25) is 0 Å². The molecule has 0 aromatic heterocycles. The molecular weight excluding hydrogens is 182 g/mol. The maximum Gasteiger partial charge on any atom is 0.00922 e. The Morgan fingerprint density at radius 2 is 1.60 bits per heavy atom. The molecule has 1 aliphatic carbocycles. The minimum Gasteiger partial charge on any atom is -0.317 e. The zero-order valence-corrected chi connectivity index (χ0v) is 11.1. The van der Waals surface area contributed by atoms with Crippen LogP contribution in [0.15, 0.2) is 0 Å². The van der Waals surface area contributed by atoms with E-state index >= 15 is 0 Å². The molecule has 0 radical (unpaired) electrons. The van der Waals surface area contributed by atoms with Crippen molar-refractivity contribution in [1.29, 1.82) is 0 Å². The summed E-state index contributed by atoms with van der Waals surface area (Å²) >= 11 is 0. The molecule has 1 atom stereocenters. The topological polar surface area (TPSA) is 12.0 Å². The minimum absolute atomic E-state index is 0.781. The third kappa shape index (κ3) is 3.79. The molecule has 0 heterocycles. The van der Waals surface area contributed by atoms with Crippen molar-refractivity contribution in [2.24, 2.45) is 17.8 Å². The van der Waals surface area contributed by atoms with Gasteiger partial charge in [0.15, 0.2) is 0 Å². The summed E-state index contributed by atoms with van der Waals surface area (Å²) in [5.74, 6) is 2.84. The van der Waals surface area contributed by atoms with E-state index in [1.165, 1.54) is 38.5 Å². The molecule has 0 spiro atoms. The lowest BCUT2D eigenvalue weighted by Crippen LogP contribution is -2.36. The van der Waals surface area contributed by atoms with Crippen LogP contribution in [0.25, 0.3) is 0 Å². The third-order valence-corrected chi connectivity index (χ3v) is 4.30. The minimum atomic E-state index is 0.781. The Balaban J connectivity index is 2.35. The average molecular weight is 211 g/mol. The van der Waals surface area contributed by atoms with E-state index < -0.39 is 0 Å². The van der Waals surface area contributed by atoms with Crippen LogP contribution in [0.4, 0.5) is 0 Å². The maximum absolute atomic E-state index is 3.52. The van der Waals surface area contributed by atoms with Gasteiger partial charge in [0.25, 0.3) is 0 Å². The second kappa shape index (κ2) is 6.52. The lowest BCUT2D eigenvalue weighted by molar-refractivity contribution is 0.187. The number of hydrogen-bond acceptors (Lipinski definition) is 1. The number of rotatable bonds is 5. The van der Waals surface area contributed by atoms with Crippen molar-refractivity contribution >= 4 is 0 Å². The van der Waals surface area contributed by atoms with E-state index in [9.17, 15) is 0 Å². The van der Waals surface area contributed by atoms with E-state index in [4.69, 9.17) is 0 Å². The summed E-state index contributed by atoms with van der Waals surface area (Å²) in [6.45, 7) is 7.06. The fraction of sp³-hybridized carbons (Fsp3) is 1.00. The van der Waals surface area contributed by atoms with Crippen molar-refractivity contribution in [2.45, 2.75) is 65.3 Å². The first kappa shape index (κ1) is 13.0. The van der Waals surface area contributed by atoms with Crippen LogP contribution in [0.5, 0.6) is 0 Å². The van der Waals surface area contributed by atoms with Gasteiger partial charge in [-0.05, 0) is 56.9 Å². The zero-order valence-electron chi connectivity index (χ0n) is 11.1. The van der Waals surface area contributed by atoms with Crippen LogP contribution in [-0.2, 0) is 0 Å². The first-order valence-electron chi connectivity index (χ1n) is 6.86. The van der Waals surface area contributed by atoms with E-state index in [0.717, 1.165) is 23.8 Å². The van der Waals surface area contributed by atoms with Crippen molar-refractivity contribution in [1.82, 2.24) is 5.32 Å². The standard InChI is InChI=1S/C14H29N/c1-5-6-14(15-4)13-9-7-12(8-10-13)11(2)3/h11-15H,5-10H2,1-4H3. The molecule has 0 aromatic rings. The molecule has 1 rings (SSSR count). The molecule has 0 bridgehead atoms. The fourth-order valence-corrected chi connectivity index (χ4v) is 3.14. The third-order valence-electron chi connectivity index (χ3n) is 4.30. The summed E-state index contributed by atoms with van der Waals surface area (Å²) < 4.78 is 0. The Hall–Kier alpha value is -0.0400. The molecule has 1 aliphatic rings. The Labute approximate surface area is 96.0 Å². The lowest BCUT2D eigenvalue weighted by Gasteiger charge is -2.35. The summed E-state index contributed by atoms with van der Waals surface area (Å²) in [6.07, 6.45) is 8.50. The molecule has 90 valence electrons. The second-order valence-corrected chi connectivity index (χ2v) is 5.60. The predicted octanol–water partition coefficient (Wildman–Crippen LogP) is 3.84. The van der Waals surface area contributed by atoms with Crippen LogP contribution < -0.4 is 5.32 Å². The van der Waals surface area contributed by atoms with Crippen LogP contribution in [-0.4, -0.2) is 13.1 Å². The van der Waals surface area contributed by atoms with Crippen molar-refractivity contribution in [3.05, 3.63) is 0 Å².